The zero-order chi connectivity index (χ0) is 43.3. The zero-order valence-corrected chi connectivity index (χ0v) is 34.3. The number of halogens is 2. The topological polar surface area (TPSA) is 202 Å². The van der Waals surface area contributed by atoms with Crippen LogP contribution < -0.4 is 10.6 Å². The van der Waals surface area contributed by atoms with Gasteiger partial charge in [0.15, 0.2) is 5.79 Å². The molecule has 0 saturated carbocycles. The SMILES string of the molecule is COC(=O)NC(CCOC(F)F)C(=O)N1CCCC1c1ncc(-c2ccc(-c3ccc(-c4cnc([C@@H]5CC6(CN5C(=O)[C@@H](NC(=O)OC)C(C)C)OCCO6)[nH]4)cc3)cc2)[nH]1. The Morgan fingerprint density at radius 1 is 0.803 bits per heavy atom. The maximum absolute atomic E-state index is 14.0. The van der Waals surface area contributed by atoms with Crippen LogP contribution >= 0.6 is 0 Å². The number of hydrogen-bond acceptors (Lipinski definition) is 11. The monoisotopic (exact) mass is 848 g/mol. The molecule has 7 rings (SSSR count). The third-order valence-corrected chi connectivity index (χ3v) is 11.3. The molecule has 4 amide bonds. The first-order chi connectivity index (χ1) is 29.4. The van der Waals surface area contributed by atoms with Gasteiger partial charge in [0, 0.05) is 19.4 Å². The van der Waals surface area contributed by atoms with Crippen LogP contribution in [0.4, 0.5) is 18.4 Å². The molecule has 3 fully saturated rings. The van der Waals surface area contributed by atoms with E-state index in [-0.39, 0.29) is 24.8 Å². The molecule has 3 aliphatic rings. The molecule has 3 aliphatic heterocycles. The fourth-order valence-corrected chi connectivity index (χ4v) is 8.14. The van der Waals surface area contributed by atoms with Gasteiger partial charge in [-0.1, -0.05) is 62.4 Å². The number of nitrogens with zero attached hydrogens (tertiary/aromatic N) is 4. The fraction of sp³-hybridized carbons (Fsp3) is 0.476. The number of likely N-dealkylation sites (tertiary alicyclic amines) is 2. The normalized spacial score (nSPS) is 19.4. The summed E-state index contributed by atoms with van der Waals surface area (Å²) in [7, 11) is 2.41. The summed E-state index contributed by atoms with van der Waals surface area (Å²) in [5.41, 5.74) is 5.25. The van der Waals surface area contributed by atoms with Crippen molar-refractivity contribution in [2.24, 2.45) is 5.92 Å². The summed E-state index contributed by atoms with van der Waals surface area (Å²) in [6, 6.07) is 13.1. The van der Waals surface area contributed by atoms with E-state index in [1.165, 1.54) is 7.11 Å². The Labute approximate surface area is 350 Å². The maximum Gasteiger partial charge on any atom is 0.407 e. The molecule has 5 heterocycles. The van der Waals surface area contributed by atoms with Crippen LogP contribution in [0.25, 0.3) is 33.6 Å². The van der Waals surface area contributed by atoms with E-state index in [4.69, 9.17) is 19.2 Å². The van der Waals surface area contributed by atoms with E-state index in [9.17, 15) is 28.0 Å². The number of imidazole rings is 2. The Bertz CT molecular complexity index is 2160. The molecule has 3 saturated heterocycles. The number of alkyl halides is 2. The van der Waals surface area contributed by atoms with Crippen LogP contribution in [0, 0.1) is 5.92 Å². The quantitative estimate of drug-likeness (QED) is 0.124. The van der Waals surface area contributed by atoms with Gasteiger partial charge in [0.2, 0.25) is 11.8 Å². The highest BCUT2D eigenvalue weighted by Crippen LogP contribution is 2.43. The molecule has 0 bridgehead atoms. The lowest BCUT2D eigenvalue weighted by Gasteiger charge is -2.30. The van der Waals surface area contributed by atoms with Crippen molar-refractivity contribution in [1.82, 2.24) is 40.4 Å². The van der Waals surface area contributed by atoms with E-state index in [0.717, 1.165) is 40.8 Å². The third kappa shape index (κ3) is 9.68. The van der Waals surface area contributed by atoms with E-state index in [1.54, 1.807) is 22.2 Å². The smallest absolute Gasteiger partial charge is 0.407 e. The summed E-state index contributed by atoms with van der Waals surface area (Å²) in [6.07, 6.45) is 3.45. The Morgan fingerprint density at radius 2 is 1.34 bits per heavy atom. The number of aromatic amines is 2. The van der Waals surface area contributed by atoms with E-state index < -0.39 is 61.3 Å². The Morgan fingerprint density at radius 3 is 1.89 bits per heavy atom. The highest BCUT2D eigenvalue weighted by atomic mass is 19.3. The highest BCUT2D eigenvalue weighted by Gasteiger charge is 2.53. The largest absolute Gasteiger partial charge is 0.453 e. The summed E-state index contributed by atoms with van der Waals surface area (Å²) in [5, 5.41) is 5.12. The molecule has 4 atom stereocenters. The van der Waals surface area contributed by atoms with Crippen LogP contribution in [-0.2, 0) is 33.3 Å². The van der Waals surface area contributed by atoms with Crippen LogP contribution in [-0.4, -0.2) is 125 Å². The van der Waals surface area contributed by atoms with Gasteiger partial charge in [-0.3, -0.25) is 9.59 Å². The molecule has 2 unspecified atom stereocenters. The molecule has 326 valence electrons. The van der Waals surface area contributed by atoms with Gasteiger partial charge in [0.25, 0.3) is 0 Å². The van der Waals surface area contributed by atoms with Gasteiger partial charge in [-0.2, -0.15) is 8.78 Å². The third-order valence-electron chi connectivity index (χ3n) is 11.3. The summed E-state index contributed by atoms with van der Waals surface area (Å²) in [5.74, 6) is -0.735. The predicted molar refractivity (Wildman–Crippen MR) is 215 cm³/mol. The molecule has 17 nitrogen and oxygen atoms in total. The summed E-state index contributed by atoms with van der Waals surface area (Å²) >= 11 is 0. The lowest BCUT2D eigenvalue weighted by atomic mass is 10.0. The molecule has 19 heteroatoms. The molecule has 2 aromatic carbocycles. The second-order valence-corrected chi connectivity index (χ2v) is 15.5. The number of amides is 4. The number of hydrogen-bond donors (Lipinski definition) is 4. The van der Waals surface area contributed by atoms with Crippen molar-refractivity contribution >= 4 is 24.0 Å². The van der Waals surface area contributed by atoms with E-state index in [2.05, 4.69) is 35.1 Å². The second-order valence-electron chi connectivity index (χ2n) is 15.5. The number of aromatic nitrogens is 4. The van der Waals surface area contributed by atoms with Crippen molar-refractivity contribution < 1.29 is 51.6 Å². The molecule has 2 aromatic heterocycles. The second kappa shape index (κ2) is 18.8. The minimum atomic E-state index is -3.00. The minimum absolute atomic E-state index is 0.154. The first-order valence-electron chi connectivity index (χ1n) is 20.2. The number of alkyl carbamates (subject to hydrolysis) is 2. The standard InChI is InChI=1S/C42H50F2N8O9/c1-24(2)34(50-41(56)58-4)38(54)52-23-42(60-18-19-61-42)20-33(52)36-46-22-31(48-36)28-13-9-26(10-14-28)25-7-11-27(12-8-25)30-21-45-35(47-30)32-6-5-16-51(32)37(53)29(49-40(55)57-3)15-17-59-39(43)44/h7-14,21-22,24,29,32-34,39H,5-6,15-20,23H2,1-4H3,(H,45,47)(H,46,48)(H,49,55)(H,50,56)/t29?,32?,33-,34-/m0/s1. The molecule has 0 aliphatic carbocycles. The highest BCUT2D eigenvalue weighted by molar-refractivity contribution is 5.87. The number of methoxy groups -OCH3 is 2. The van der Waals surface area contributed by atoms with Crippen LogP contribution in [0.5, 0.6) is 0 Å². The number of benzene rings is 2. The zero-order valence-electron chi connectivity index (χ0n) is 34.3. The Balaban J connectivity index is 1.02. The summed E-state index contributed by atoms with van der Waals surface area (Å²) in [6.45, 7) is 1.72. The van der Waals surface area contributed by atoms with Gasteiger partial charge in [0.1, 0.15) is 23.7 Å². The van der Waals surface area contributed by atoms with E-state index >= 15 is 0 Å². The lowest BCUT2D eigenvalue weighted by molar-refractivity contribution is -0.153. The molecule has 61 heavy (non-hydrogen) atoms. The van der Waals surface area contributed by atoms with Crippen LogP contribution in [0.15, 0.2) is 60.9 Å². The van der Waals surface area contributed by atoms with Gasteiger partial charge in [0.05, 0.1) is 76.5 Å². The van der Waals surface area contributed by atoms with Crippen molar-refractivity contribution in [1.29, 1.82) is 0 Å². The first kappa shape index (κ1) is 43.2. The van der Waals surface area contributed by atoms with Crippen molar-refractivity contribution in [3.8, 4) is 33.6 Å². The number of H-pyrrole nitrogens is 2. The van der Waals surface area contributed by atoms with Crippen LogP contribution in [0.1, 0.15) is 63.3 Å². The number of carbonyl (C=O) groups excluding carboxylic acids is 4. The first-order valence-corrected chi connectivity index (χ1v) is 20.2. The molecule has 0 radical (unpaired) electrons. The molecule has 1 spiro atoms. The predicted octanol–water partition coefficient (Wildman–Crippen LogP) is 5.55. The summed E-state index contributed by atoms with van der Waals surface area (Å²) in [4.78, 5) is 70.9. The van der Waals surface area contributed by atoms with Crippen molar-refractivity contribution in [3.63, 3.8) is 0 Å². The van der Waals surface area contributed by atoms with E-state index in [1.807, 2.05) is 62.4 Å². The maximum atomic E-state index is 14.0. The van der Waals surface area contributed by atoms with Crippen LogP contribution in [0.2, 0.25) is 0 Å². The van der Waals surface area contributed by atoms with Gasteiger partial charge in [-0.05, 0) is 41.0 Å². The molecular weight excluding hydrogens is 799 g/mol. The van der Waals surface area contributed by atoms with Gasteiger partial charge < -0.3 is 54.1 Å². The average Bonchev–Trinajstić information content (AvgIpc) is 4.13. The van der Waals surface area contributed by atoms with Crippen molar-refractivity contribution in [2.75, 3.05) is 47.1 Å². The van der Waals surface area contributed by atoms with Gasteiger partial charge in [-0.15, -0.1) is 0 Å². The van der Waals surface area contributed by atoms with Crippen molar-refractivity contribution in [3.05, 3.63) is 72.6 Å². The van der Waals surface area contributed by atoms with E-state index in [0.29, 0.717) is 50.7 Å². The lowest BCUT2D eigenvalue weighted by Crippen LogP contribution is -2.52. The molecular formula is C42H50F2N8O9. The summed E-state index contributed by atoms with van der Waals surface area (Å²) < 4.78 is 51.0. The fourth-order valence-electron chi connectivity index (χ4n) is 8.14. The van der Waals surface area contributed by atoms with Crippen molar-refractivity contribution in [2.45, 2.75) is 76.1 Å². The number of rotatable bonds is 14. The average molecular weight is 849 g/mol. The Kier molecular flexibility index (Phi) is 13.3. The molecule has 4 aromatic rings. The van der Waals surface area contributed by atoms with Crippen LogP contribution in [0.3, 0.4) is 0 Å². The number of ether oxygens (including phenoxy) is 5. The van der Waals surface area contributed by atoms with Gasteiger partial charge >= 0.3 is 18.8 Å². The Hall–Kier alpha value is -5.92. The number of nitrogens with one attached hydrogen (secondary N) is 4. The number of carbonyl (C=O) groups is 4. The minimum Gasteiger partial charge on any atom is -0.453 e. The molecule has 4 N–H and O–H groups in total. The van der Waals surface area contributed by atoms with Gasteiger partial charge in [-0.25, -0.2) is 19.6 Å².